The van der Waals surface area contributed by atoms with Crippen LogP contribution < -0.4 is 10.6 Å². The van der Waals surface area contributed by atoms with Gasteiger partial charge in [-0.1, -0.05) is 25.1 Å². The molecular weight excluding hydrogens is 459 g/mol. The predicted octanol–water partition coefficient (Wildman–Crippen LogP) is 3.20. The van der Waals surface area contributed by atoms with Crippen molar-refractivity contribution in [1.29, 1.82) is 0 Å². The zero-order valence-electron chi connectivity index (χ0n) is 15.4. The Morgan fingerprint density at radius 1 is 1.38 bits per heavy atom. The number of guanidine groups is 1. The molecule has 1 fully saturated rings. The van der Waals surface area contributed by atoms with E-state index in [4.69, 9.17) is 0 Å². The van der Waals surface area contributed by atoms with Crippen LogP contribution in [0.3, 0.4) is 0 Å². The van der Waals surface area contributed by atoms with E-state index in [-0.39, 0.29) is 24.0 Å². The van der Waals surface area contributed by atoms with Crippen LogP contribution in [-0.4, -0.2) is 55.2 Å². The Morgan fingerprint density at radius 3 is 2.92 bits per heavy atom. The van der Waals surface area contributed by atoms with Crippen LogP contribution >= 0.6 is 35.3 Å². The molecule has 0 radical (unpaired) electrons. The zero-order valence-corrected chi connectivity index (χ0v) is 18.6. The summed E-state index contributed by atoms with van der Waals surface area (Å²) in [5, 5.41) is 18.3. The molecule has 1 saturated heterocycles. The summed E-state index contributed by atoms with van der Waals surface area (Å²) in [7, 11) is 1.77. The molecule has 2 unspecified atom stereocenters. The molecule has 144 valence electrons. The largest absolute Gasteiger partial charge is 0.386 e. The number of hydrogen-bond acceptors (Lipinski definition) is 4. The summed E-state index contributed by atoms with van der Waals surface area (Å²) < 4.78 is 1.21. The molecule has 0 amide bonds. The lowest BCUT2D eigenvalue weighted by molar-refractivity contribution is 0.184. The van der Waals surface area contributed by atoms with E-state index in [0.717, 1.165) is 23.9 Å². The summed E-state index contributed by atoms with van der Waals surface area (Å²) in [6.45, 7) is 5.86. The van der Waals surface area contributed by atoms with Crippen molar-refractivity contribution in [1.82, 2.24) is 15.5 Å². The van der Waals surface area contributed by atoms with Crippen molar-refractivity contribution in [2.75, 3.05) is 33.2 Å². The molecule has 26 heavy (non-hydrogen) atoms. The molecule has 2 aromatic rings. The van der Waals surface area contributed by atoms with Crippen molar-refractivity contribution in [3.63, 3.8) is 0 Å². The first-order valence-corrected chi connectivity index (χ1v) is 9.88. The second-order valence-electron chi connectivity index (χ2n) is 6.46. The first kappa shape index (κ1) is 21.4. The summed E-state index contributed by atoms with van der Waals surface area (Å²) in [5.74, 6) is 0.753. The molecule has 1 aliphatic heterocycles. The smallest absolute Gasteiger partial charge is 0.191 e. The van der Waals surface area contributed by atoms with Crippen molar-refractivity contribution in [3.05, 3.63) is 35.2 Å². The second kappa shape index (κ2) is 10.4. The van der Waals surface area contributed by atoms with E-state index in [1.165, 1.54) is 29.5 Å². The van der Waals surface area contributed by atoms with Crippen LogP contribution in [0.1, 0.15) is 30.7 Å². The third-order valence-electron chi connectivity index (χ3n) is 4.87. The number of aliphatic imine (C=N–C) groups is 1. The summed E-state index contributed by atoms with van der Waals surface area (Å²) in [6.07, 6.45) is 1.98. The highest BCUT2D eigenvalue weighted by Gasteiger charge is 2.22. The van der Waals surface area contributed by atoms with Gasteiger partial charge in [0.05, 0.1) is 0 Å². The lowest BCUT2D eigenvalue weighted by Crippen LogP contribution is -2.45. The van der Waals surface area contributed by atoms with Gasteiger partial charge in [-0.25, -0.2) is 0 Å². The molecule has 1 aromatic carbocycles. The Morgan fingerprint density at radius 2 is 2.19 bits per heavy atom. The minimum atomic E-state index is -0.533. The fraction of sp³-hybridized carbons (Fsp3) is 0.526. The number of aliphatic hydroxyl groups excluding tert-OH is 1. The molecule has 1 aliphatic rings. The van der Waals surface area contributed by atoms with E-state index in [1.54, 1.807) is 18.4 Å². The highest BCUT2D eigenvalue weighted by atomic mass is 127. The number of thiophene rings is 1. The van der Waals surface area contributed by atoms with E-state index in [2.05, 4.69) is 45.6 Å². The molecule has 0 saturated carbocycles. The van der Waals surface area contributed by atoms with Gasteiger partial charge in [0.2, 0.25) is 0 Å². The minimum absolute atomic E-state index is 0. The molecule has 0 spiro atoms. The Balaban J connectivity index is 0.00000243. The standard InChI is InChI=1S/C19H28N4OS.HI/c1-3-23-10-6-8-15(23)12-21-19(20-2)22-13-16(24)18-11-14-7-4-5-9-17(14)25-18;/h4-5,7,9,11,15-16,24H,3,6,8,10,12-13H2,1-2H3,(H2,20,21,22);1H. The van der Waals surface area contributed by atoms with Crippen molar-refractivity contribution in [2.24, 2.45) is 4.99 Å². The SMILES string of the molecule is CCN1CCCC1CNC(=NC)NCC(O)c1cc2ccccc2s1.I. The van der Waals surface area contributed by atoms with Gasteiger partial charge >= 0.3 is 0 Å². The maximum atomic E-state index is 10.5. The first-order chi connectivity index (χ1) is 12.2. The van der Waals surface area contributed by atoms with Crippen molar-refractivity contribution in [2.45, 2.75) is 31.9 Å². The third-order valence-corrected chi connectivity index (χ3v) is 6.09. The molecule has 2 atom stereocenters. The lowest BCUT2D eigenvalue weighted by atomic mass is 10.2. The number of aliphatic hydroxyl groups is 1. The Hall–Kier alpha value is -0.900. The molecule has 3 N–H and O–H groups in total. The summed E-state index contributed by atoms with van der Waals surface area (Å²) in [5.41, 5.74) is 0. The molecule has 2 heterocycles. The van der Waals surface area contributed by atoms with Gasteiger partial charge in [-0.05, 0) is 43.5 Å². The first-order valence-electron chi connectivity index (χ1n) is 9.06. The average molecular weight is 488 g/mol. The average Bonchev–Trinajstić information content (AvgIpc) is 3.27. The fourth-order valence-electron chi connectivity index (χ4n) is 3.44. The zero-order chi connectivity index (χ0) is 17.6. The highest BCUT2D eigenvalue weighted by molar-refractivity contribution is 14.0. The van der Waals surface area contributed by atoms with E-state index < -0.39 is 6.10 Å². The number of likely N-dealkylation sites (tertiary alicyclic amines) is 1. The maximum absolute atomic E-state index is 10.5. The number of fused-ring (bicyclic) bond motifs is 1. The van der Waals surface area contributed by atoms with Crippen molar-refractivity contribution >= 4 is 51.4 Å². The summed E-state index contributed by atoms with van der Waals surface area (Å²) in [4.78, 5) is 7.77. The quantitative estimate of drug-likeness (QED) is 0.332. The number of nitrogens with zero attached hydrogens (tertiary/aromatic N) is 2. The summed E-state index contributed by atoms with van der Waals surface area (Å²) in [6, 6.07) is 10.9. The monoisotopic (exact) mass is 488 g/mol. The van der Waals surface area contributed by atoms with Crippen LogP contribution in [0.15, 0.2) is 35.3 Å². The van der Waals surface area contributed by atoms with E-state index >= 15 is 0 Å². The van der Waals surface area contributed by atoms with Gasteiger partial charge < -0.3 is 15.7 Å². The maximum Gasteiger partial charge on any atom is 0.191 e. The lowest BCUT2D eigenvalue weighted by Gasteiger charge is -2.24. The van der Waals surface area contributed by atoms with E-state index in [0.29, 0.717) is 12.6 Å². The molecule has 7 heteroatoms. The summed E-state index contributed by atoms with van der Waals surface area (Å²) >= 11 is 1.64. The number of benzene rings is 1. The molecule has 3 rings (SSSR count). The second-order valence-corrected chi connectivity index (χ2v) is 7.58. The topological polar surface area (TPSA) is 59.9 Å². The highest BCUT2D eigenvalue weighted by Crippen LogP contribution is 2.29. The number of rotatable bonds is 6. The van der Waals surface area contributed by atoms with Crippen LogP contribution in [0.5, 0.6) is 0 Å². The number of likely N-dealkylation sites (N-methyl/N-ethyl adjacent to an activating group) is 1. The third kappa shape index (κ3) is 5.31. The molecule has 0 bridgehead atoms. The van der Waals surface area contributed by atoms with Crippen LogP contribution in [0.2, 0.25) is 0 Å². The van der Waals surface area contributed by atoms with Crippen molar-refractivity contribution < 1.29 is 5.11 Å². The van der Waals surface area contributed by atoms with Crippen LogP contribution in [0.25, 0.3) is 10.1 Å². The Kier molecular flexibility index (Phi) is 8.59. The fourth-order valence-corrected chi connectivity index (χ4v) is 4.49. The van der Waals surface area contributed by atoms with E-state index in [9.17, 15) is 5.11 Å². The van der Waals surface area contributed by atoms with Gasteiger partial charge in [0.1, 0.15) is 6.10 Å². The van der Waals surface area contributed by atoms with Gasteiger partial charge in [-0.3, -0.25) is 9.89 Å². The molecular formula is C19H29IN4OS. The molecule has 1 aromatic heterocycles. The molecule has 0 aliphatic carbocycles. The normalized spacial score (nSPS) is 19.3. The van der Waals surface area contributed by atoms with Gasteiger partial charge in [0.25, 0.3) is 0 Å². The predicted molar refractivity (Wildman–Crippen MR) is 122 cm³/mol. The van der Waals surface area contributed by atoms with Gasteiger partial charge in [0, 0.05) is 35.8 Å². The minimum Gasteiger partial charge on any atom is -0.386 e. The number of nitrogens with one attached hydrogen (secondary N) is 2. The van der Waals surface area contributed by atoms with Crippen LogP contribution in [0, 0.1) is 0 Å². The van der Waals surface area contributed by atoms with Gasteiger partial charge in [0.15, 0.2) is 5.96 Å². The van der Waals surface area contributed by atoms with Crippen LogP contribution in [0.4, 0.5) is 0 Å². The number of hydrogen-bond donors (Lipinski definition) is 3. The van der Waals surface area contributed by atoms with Gasteiger partial charge in [-0.2, -0.15) is 0 Å². The van der Waals surface area contributed by atoms with Crippen molar-refractivity contribution in [3.8, 4) is 0 Å². The Bertz CT molecular complexity index is 687. The number of halogens is 1. The Labute approximate surface area is 176 Å². The van der Waals surface area contributed by atoms with Gasteiger partial charge in [-0.15, -0.1) is 35.3 Å². The van der Waals surface area contributed by atoms with Crippen LogP contribution in [-0.2, 0) is 0 Å². The van der Waals surface area contributed by atoms with E-state index in [1.807, 2.05) is 12.1 Å². The molecule has 5 nitrogen and oxygen atoms in total.